The van der Waals surface area contributed by atoms with Crippen LogP contribution in [0.1, 0.15) is 16.1 Å². The highest BCUT2D eigenvalue weighted by molar-refractivity contribution is 5.94. The minimum Gasteiger partial charge on any atom is -0.493 e. The Bertz CT molecular complexity index is 686. The van der Waals surface area contributed by atoms with Gasteiger partial charge in [-0.15, -0.1) is 0 Å². The van der Waals surface area contributed by atoms with Crippen molar-refractivity contribution in [2.24, 2.45) is 0 Å². The van der Waals surface area contributed by atoms with E-state index in [0.29, 0.717) is 36.6 Å². The smallest absolute Gasteiger partial charge is 0.253 e. The van der Waals surface area contributed by atoms with Crippen molar-refractivity contribution in [1.29, 1.82) is 0 Å². The van der Waals surface area contributed by atoms with E-state index in [1.54, 1.807) is 49.5 Å². The van der Waals surface area contributed by atoms with Gasteiger partial charge in [-0.2, -0.15) is 0 Å². The van der Waals surface area contributed by atoms with Crippen LogP contribution in [-0.4, -0.2) is 43.1 Å². The number of carbonyl (C=O) groups is 1. The van der Waals surface area contributed by atoms with Gasteiger partial charge in [-0.1, -0.05) is 18.7 Å². The van der Waals surface area contributed by atoms with E-state index >= 15 is 0 Å². The van der Waals surface area contributed by atoms with Gasteiger partial charge in [0.05, 0.1) is 7.11 Å². The van der Waals surface area contributed by atoms with Gasteiger partial charge >= 0.3 is 0 Å². The van der Waals surface area contributed by atoms with Gasteiger partial charge in [-0.3, -0.25) is 9.78 Å². The third kappa shape index (κ3) is 4.59. The van der Waals surface area contributed by atoms with Gasteiger partial charge in [0.15, 0.2) is 11.5 Å². The van der Waals surface area contributed by atoms with Crippen molar-refractivity contribution in [2.45, 2.75) is 6.42 Å². The van der Waals surface area contributed by atoms with Crippen molar-refractivity contribution in [1.82, 2.24) is 9.88 Å². The molecule has 0 unspecified atom stereocenters. The molecule has 24 heavy (non-hydrogen) atoms. The van der Waals surface area contributed by atoms with E-state index in [-0.39, 0.29) is 5.91 Å². The SMILES string of the molecule is C=CCOc1ccc(C(=O)N(C)CCc2ccccn2)cc1OC. The Hall–Kier alpha value is -2.82. The molecule has 0 radical (unpaired) electrons. The van der Waals surface area contributed by atoms with Crippen molar-refractivity contribution in [3.05, 3.63) is 66.5 Å². The van der Waals surface area contributed by atoms with Crippen LogP contribution in [0.2, 0.25) is 0 Å². The lowest BCUT2D eigenvalue weighted by Gasteiger charge is -2.18. The largest absolute Gasteiger partial charge is 0.493 e. The molecule has 0 N–H and O–H groups in total. The Morgan fingerprint density at radius 2 is 2.12 bits per heavy atom. The molecule has 1 aromatic carbocycles. The molecule has 1 heterocycles. The number of hydrogen-bond donors (Lipinski definition) is 0. The van der Waals surface area contributed by atoms with Gasteiger partial charge in [0.1, 0.15) is 6.61 Å². The van der Waals surface area contributed by atoms with E-state index < -0.39 is 0 Å². The maximum Gasteiger partial charge on any atom is 0.253 e. The third-order valence-electron chi connectivity index (χ3n) is 3.54. The number of ether oxygens (including phenoxy) is 2. The highest BCUT2D eigenvalue weighted by Gasteiger charge is 2.15. The second kappa shape index (κ2) is 8.72. The third-order valence-corrected chi connectivity index (χ3v) is 3.54. The summed E-state index contributed by atoms with van der Waals surface area (Å²) >= 11 is 0. The molecule has 0 fully saturated rings. The first-order valence-electron chi connectivity index (χ1n) is 7.72. The average Bonchev–Trinajstić information content (AvgIpc) is 2.64. The summed E-state index contributed by atoms with van der Waals surface area (Å²) in [6, 6.07) is 10.9. The van der Waals surface area contributed by atoms with E-state index in [1.807, 2.05) is 18.2 Å². The molecule has 0 aliphatic rings. The quantitative estimate of drug-likeness (QED) is 0.700. The van der Waals surface area contributed by atoms with E-state index in [1.165, 1.54) is 0 Å². The number of amides is 1. The molecule has 2 aromatic rings. The molecule has 0 aliphatic heterocycles. The van der Waals surface area contributed by atoms with Crippen LogP contribution in [-0.2, 0) is 6.42 Å². The van der Waals surface area contributed by atoms with Gasteiger partial charge in [0.25, 0.3) is 5.91 Å². The molecule has 1 aromatic heterocycles. The van der Waals surface area contributed by atoms with E-state index in [4.69, 9.17) is 9.47 Å². The molecule has 0 atom stereocenters. The van der Waals surface area contributed by atoms with Gasteiger partial charge in [-0.25, -0.2) is 0 Å². The topological polar surface area (TPSA) is 51.7 Å². The molecule has 2 rings (SSSR count). The number of hydrogen-bond acceptors (Lipinski definition) is 4. The molecule has 0 saturated heterocycles. The van der Waals surface area contributed by atoms with Crippen LogP contribution in [0, 0.1) is 0 Å². The average molecular weight is 326 g/mol. The van der Waals surface area contributed by atoms with Crippen molar-refractivity contribution in [3.63, 3.8) is 0 Å². The zero-order chi connectivity index (χ0) is 17.4. The second-order valence-corrected chi connectivity index (χ2v) is 5.26. The lowest BCUT2D eigenvalue weighted by molar-refractivity contribution is 0.0796. The molecule has 5 nitrogen and oxygen atoms in total. The van der Waals surface area contributed by atoms with Crippen LogP contribution in [0.4, 0.5) is 0 Å². The summed E-state index contributed by atoms with van der Waals surface area (Å²) < 4.78 is 10.8. The minimum absolute atomic E-state index is 0.0699. The van der Waals surface area contributed by atoms with Crippen molar-refractivity contribution < 1.29 is 14.3 Å². The Kier molecular flexibility index (Phi) is 6.37. The number of nitrogens with zero attached hydrogens (tertiary/aromatic N) is 2. The fourth-order valence-electron chi connectivity index (χ4n) is 2.22. The lowest BCUT2D eigenvalue weighted by Crippen LogP contribution is -2.29. The fraction of sp³-hybridized carbons (Fsp3) is 0.263. The number of likely N-dealkylation sites (N-methyl/N-ethyl adjacent to an activating group) is 1. The Labute approximate surface area is 142 Å². The number of aromatic nitrogens is 1. The van der Waals surface area contributed by atoms with Crippen LogP contribution in [0.5, 0.6) is 11.5 Å². The molecule has 0 aliphatic carbocycles. The molecule has 126 valence electrons. The summed E-state index contributed by atoms with van der Waals surface area (Å²) in [6.07, 6.45) is 4.12. The zero-order valence-corrected chi connectivity index (χ0v) is 14.1. The summed E-state index contributed by atoms with van der Waals surface area (Å²) in [7, 11) is 3.33. The highest BCUT2D eigenvalue weighted by atomic mass is 16.5. The molecule has 5 heteroatoms. The molecule has 0 bridgehead atoms. The van der Waals surface area contributed by atoms with Crippen LogP contribution in [0.25, 0.3) is 0 Å². The lowest BCUT2D eigenvalue weighted by atomic mass is 10.1. The fourth-order valence-corrected chi connectivity index (χ4v) is 2.22. The molecule has 0 saturated carbocycles. The zero-order valence-electron chi connectivity index (χ0n) is 14.1. The normalized spacial score (nSPS) is 10.1. The van der Waals surface area contributed by atoms with Crippen LogP contribution in [0.15, 0.2) is 55.3 Å². The van der Waals surface area contributed by atoms with Gasteiger partial charge in [0.2, 0.25) is 0 Å². The summed E-state index contributed by atoms with van der Waals surface area (Å²) in [5.74, 6) is 1.05. The number of carbonyl (C=O) groups excluding carboxylic acids is 1. The second-order valence-electron chi connectivity index (χ2n) is 5.26. The number of pyridine rings is 1. The first-order valence-corrected chi connectivity index (χ1v) is 7.72. The maximum absolute atomic E-state index is 12.6. The van der Waals surface area contributed by atoms with Crippen molar-refractivity contribution in [3.8, 4) is 11.5 Å². The van der Waals surface area contributed by atoms with Crippen LogP contribution < -0.4 is 9.47 Å². The predicted molar refractivity (Wildman–Crippen MR) is 93.6 cm³/mol. The Morgan fingerprint density at radius 1 is 1.29 bits per heavy atom. The number of methoxy groups -OCH3 is 1. The van der Waals surface area contributed by atoms with E-state index in [9.17, 15) is 4.79 Å². The van der Waals surface area contributed by atoms with Crippen molar-refractivity contribution in [2.75, 3.05) is 27.3 Å². The molecular formula is C19H22N2O3. The van der Waals surface area contributed by atoms with Gasteiger partial charge < -0.3 is 14.4 Å². The van der Waals surface area contributed by atoms with Crippen LogP contribution in [0.3, 0.4) is 0 Å². The highest BCUT2D eigenvalue weighted by Crippen LogP contribution is 2.28. The minimum atomic E-state index is -0.0699. The number of benzene rings is 1. The van der Waals surface area contributed by atoms with E-state index in [2.05, 4.69) is 11.6 Å². The Balaban J connectivity index is 2.03. The molecule has 0 spiro atoms. The monoisotopic (exact) mass is 326 g/mol. The maximum atomic E-state index is 12.6. The molecule has 1 amide bonds. The van der Waals surface area contributed by atoms with Crippen molar-refractivity contribution >= 4 is 5.91 Å². The summed E-state index contributed by atoms with van der Waals surface area (Å²) in [5.41, 5.74) is 1.52. The summed E-state index contributed by atoms with van der Waals surface area (Å²) in [6.45, 7) is 4.59. The Morgan fingerprint density at radius 3 is 2.79 bits per heavy atom. The molecular weight excluding hydrogens is 304 g/mol. The predicted octanol–water partition coefficient (Wildman–Crippen LogP) is 2.97. The summed E-state index contributed by atoms with van der Waals surface area (Å²) in [5, 5.41) is 0. The van der Waals surface area contributed by atoms with Crippen LogP contribution >= 0.6 is 0 Å². The van der Waals surface area contributed by atoms with Gasteiger partial charge in [0, 0.05) is 37.5 Å². The number of rotatable bonds is 8. The summed E-state index contributed by atoms with van der Waals surface area (Å²) in [4.78, 5) is 18.5. The standard InChI is InChI=1S/C19H22N2O3/c1-4-13-24-17-9-8-15(14-18(17)23-3)19(22)21(2)12-10-16-7-5-6-11-20-16/h4-9,11,14H,1,10,12-13H2,2-3H3. The first kappa shape index (κ1) is 17.5. The van der Waals surface area contributed by atoms with E-state index in [0.717, 1.165) is 5.69 Å². The van der Waals surface area contributed by atoms with Gasteiger partial charge in [-0.05, 0) is 30.3 Å². The first-order chi connectivity index (χ1) is 11.7.